The van der Waals surface area contributed by atoms with E-state index in [0.29, 0.717) is 5.69 Å². The number of likely N-dealkylation sites (N-methyl/N-ethyl adjacent to an activating group) is 1. The third-order valence-corrected chi connectivity index (χ3v) is 4.45. The number of H-pyrrole nitrogens is 1. The Bertz CT molecular complexity index is 668. The highest BCUT2D eigenvalue weighted by molar-refractivity contribution is 7.98. The van der Waals surface area contributed by atoms with Crippen LogP contribution in [0.1, 0.15) is 13.3 Å². The summed E-state index contributed by atoms with van der Waals surface area (Å²) in [6.07, 6.45) is 4.62. The molecule has 0 aliphatic heterocycles. The molecule has 0 aliphatic rings. The number of aromatic nitrogens is 1. The Balaban J connectivity index is 2.11. The van der Waals surface area contributed by atoms with Gasteiger partial charge in [-0.2, -0.15) is 11.8 Å². The van der Waals surface area contributed by atoms with E-state index in [-0.39, 0.29) is 6.04 Å². The number of hydrogen-bond acceptors (Lipinski definition) is 3. The number of amides is 2. The van der Waals surface area contributed by atoms with Crippen molar-refractivity contribution >= 4 is 40.2 Å². The average Bonchev–Trinajstić information content (AvgIpc) is 3.00. The zero-order valence-electron chi connectivity index (χ0n) is 13.1. The lowest BCUT2D eigenvalue weighted by Crippen LogP contribution is -2.44. The van der Waals surface area contributed by atoms with Crippen LogP contribution < -0.4 is 5.32 Å². The van der Waals surface area contributed by atoms with E-state index in [9.17, 15) is 9.59 Å². The van der Waals surface area contributed by atoms with Gasteiger partial charge in [0.05, 0.1) is 5.69 Å². The molecule has 1 aromatic heterocycles. The first-order valence-electron chi connectivity index (χ1n) is 7.21. The topological polar surface area (TPSA) is 65.2 Å². The standard InChI is InChI=1S/C16H21N3O2S/c1-4-11(10-22-3)19(2)16(21)15(20)18-14-7-5-6-13-12(14)8-9-17-13/h5-9,11,17H,4,10H2,1-3H3,(H,18,20)/t11-/m0/s1. The number of benzene rings is 1. The van der Waals surface area contributed by atoms with Crippen LogP contribution in [0.25, 0.3) is 10.9 Å². The summed E-state index contributed by atoms with van der Waals surface area (Å²) in [4.78, 5) is 29.1. The summed E-state index contributed by atoms with van der Waals surface area (Å²) in [6.45, 7) is 2.02. The van der Waals surface area contributed by atoms with Crippen LogP contribution in [0.2, 0.25) is 0 Å². The van der Waals surface area contributed by atoms with E-state index in [1.165, 1.54) is 4.90 Å². The van der Waals surface area contributed by atoms with Gasteiger partial charge in [-0.15, -0.1) is 0 Å². The fourth-order valence-corrected chi connectivity index (χ4v) is 3.24. The second kappa shape index (κ2) is 7.35. The van der Waals surface area contributed by atoms with Crippen molar-refractivity contribution in [3.63, 3.8) is 0 Å². The molecule has 2 N–H and O–H groups in total. The van der Waals surface area contributed by atoms with Crippen LogP contribution in [0, 0.1) is 0 Å². The molecule has 0 unspecified atom stereocenters. The van der Waals surface area contributed by atoms with Crippen molar-refractivity contribution in [1.29, 1.82) is 0 Å². The third-order valence-electron chi connectivity index (χ3n) is 3.74. The highest BCUT2D eigenvalue weighted by atomic mass is 32.2. The zero-order valence-corrected chi connectivity index (χ0v) is 13.9. The van der Waals surface area contributed by atoms with E-state index in [0.717, 1.165) is 23.1 Å². The van der Waals surface area contributed by atoms with Gasteiger partial charge in [0.25, 0.3) is 0 Å². The maximum atomic E-state index is 12.3. The molecule has 0 aliphatic carbocycles. The number of fused-ring (bicyclic) bond motifs is 1. The van der Waals surface area contributed by atoms with Gasteiger partial charge in [0.1, 0.15) is 0 Å². The van der Waals surface area contributed by atoms with Crippen molar-refractivity contribution in [3.8, 4) is 0 Å². The summed E-state index contributed by atoms with van der Waals surface area (Å²) in [5.74, 6) is -0.288. The molecule has 0 fully saturated rings. The van der Waals surface area contributed by atoms with Crippen LogP contribution in [0.15, 0.2) is 30.5 Å². The number of anilines is 1. The van der Waals surface area contributed by atoms with Crippen LogP contribution in [0.3, 0.4) is 0 Å². The molecular weight excluding hydrogens is 298 g/mol. The summed E-state index contributed by atoms with van der Waals surface area (Å²) in [6, 6.07) is 7.49. The minimum absolute atomic E-state index is 0.0660. The van der Waals surface area contributed by atoms with Crippen molar-refractivity contribution in [2.45, 2.75) is 19.4 Å². The number of nitrogens with one attached hydrogen (secondary N) is 2. The van der Waals surface area contributed by atoms with E-state index >= 15 is 0 Å². The predicted octanol–water partition coefficient (Wildman–Crippen LogP) is 2.71. The number of nitrogens with zero attached hydrogens (tertiary/aromatic N) is 1. The number of rotatable bonds is 5. The molecule has 2 amide bonds. The number of aromatic amines is 1. The maximum Gasteiger partial charge on any atom is 0.313 e. The molecule has 0 spiro atoms. The number of thioether (sulfide) groups is 1. The van der Waals surface area contributed by atoms with E-state index < -0.39 is 11.8 Å². The van der Waals surface area contributed by atoms with E-state index in [2.05, 4.69) is 10.3 Å². The first-order chi connectivity index (χ1) is 10.6. The van der Waals surface area contributed by atoms with Crippen molar-refractivity contribution in [3.05, 3.63) is 30.5 Å². The summed E-state index contributed by atoms with van der Waals surface area (Å²) >= 11 is 1.67. The Labute approximate surface area is 134 Å². The third kappa shape index (κ3) is 3.44. The highest BCUT2D eigenvalue weighted by Crippen LogP contribution is 2.22. The normalized spacial score (nSPS) is 12.1. The second-order valence-electron chi connectivity index (χ2n) is 5.13. The van der Waals surface area contributed by atoms with E-state index in [1.54, 1.807) is 31.1 Å². The van der Waals surface area contributed by atoms with Gasteiger partial charge in [-0.25, -0.2) is 0 Å². The molecule has 118 valence electrons. The Morgan fingerprint density at radius 3 is 2.82 bits per heavy atom. The minimum atomic E-state index is -0.601. The lowest BCUT2D eigenvalue weighted by Gasteiger charge is -2.26. The van der Waals surface area contributed by atoms with E-state index in [1.807, 2.05) is 31.4 Å². The monoisotopic (exact) mass is 319 g/mol. The predicted molar refractivity (Wildman–Crippen MR) is 92.2 cm³/mol. The van der Waals surface area contributed by atoms with Crippen LogP contribution >= 0.6 is 11.8 Å². The molecule has 22 heavy (non-hydrogen) atoms. The molecule has 0 bridgehead atoms. The van der Waals surface area contributed by atoms with Gasteiger partial charge < -0.3 is 15.2 Å². The summed E-state index contributed by atoms with van der Waals surface area (Å²) in [7, 11) is 1.68. The lowest BCUT2D eigenvalue weighted by atomic mass is 10.2. The van der Waals surface area contributed by atoms with Crippen LogP contribution in [0.4, 0.5) is 5.69 Å². The quantitative estimate of drug-likeness (QED) is 0.833. The fourth-order valence-electron chi connectivity index (χ4n) is 2.39. The van der Waals surface area contributed by atoms with Gasteiger partial charge in [-0.05, 0) is 30.9 Å². The smallest absolute Gasteiger partial charge is 0.313 e. The molecule has 1 aromatic carbocycles. The van der Waals surface area contributed by atoms with Crippen LogP contribution in [-0.4, -0.2) is 46.8 Å². The molecular formula is C16H21N3O2S. The number of carbonyl (C=O) groups excluding carboxylic acids is 2. The minimum Gasteiger partial charge on any atom is -0.361 e. The molecule has 0 saturated heterocycles. The largest absolute Gasteiger partial charge is 0.361 e. The number of hydrogen-bond donors (Lipinski definition) is 2. The summed E-state index contributed by atoms with van der Waals surface area (Å²) < 4.78 is 0. The van der Waals surface area contributed by atoms with Crippen LogP contribution in [0.5, 0.6) is 0 Å². The van der Waals surface area contributed by atoms with Crippen molar-refractivity contribution in [2.24, 2.45) is 0 Å². The van der Waals surface area contributed by atoms with Gasteiger partial charge in [0.2, 0.25) is 0 Å². The van der Waals surface area contributed by atoms with E-state index in [4.69, 9.17) is 0 Å². The fraction of sp³-hybridized carbons (Fsp3) is 0.375. The Morgan fingerprint density at radius 1 is 1.36 bits per heavy atom. The SMILES string of the molecule is CC[C@@H](CSC)N(C)C(=O)C(=O)Nc1cccc2[nH]ccc12. The zero-order chi connectivity index (χ0) is 16.1. The highest BCUT2D eigenvalue weighted by Gasteiger charge is 2.24. The van der Waals surface area contributed by atoms with Gasteiger partial charge in [0.15, 0.2) is 0 Å². The Morgan fingerprint density at radius 2 is 2.14 bits per heavy atom. The molecule has 0 saturated carbocycles. The maximum absolute atomic E-state index is 12.3. The van der Waals surface area contributed by atoms with Gasteiger partial charge >= 0.3 is 11.8 Å². The molecule has 2 aromatic rings. The lowest BCUT2D eigenvalue weighted by molar-refractivity contribution is -0.143. The first kappa shape index (κ1) is 16.4. The number of carbonyl (C=O) groups is 2. The summed E-state index contributed by atoms with van der Waals surface area (Å²) in [5.41, 5.74) is 1.57. The Hall–Kier alpha value is -1.95. The molecule has 6 heteroatoms. The first-order valence-corrected chi connectivity index (χ1v) is 8.61. The van der Waals surface area contributed by atoms with Gasteiger partial charge in [0, 0.05) is 35.9 Å². The van der Waals surface area contributed by atoms with Crippen molar-refractivity contribution < 1.29 is 9.59 Å². The molecule has 1 atom stereocenters. The van der Waals surface area contributed by atoms with Crippen molar-refractivity contribution in [1.82, 2.24) is 9.88 Å². The average molecular weight is 319 g/mol. The molecule has 1 heterocycles. The molecule has 2 rings (SSSR count). The summed E-state index contributed by atoms with van der Waals surface area (Å²) in [5, 5.41) is 3.61. The second-order valence-corrected chi connectivity index (χ2v) is 6.04. The molecule has 0 radical (unpaired) electrons. The molecule has 5 nitrogen and oxygen atoms in total. The van der Waals surface area contributed by atoms with Gasteiger partial charge in [-0.1, -0.05) is 13.0 Å². The Kier molecular flexibility index (Phi) is 5.49. The van der Waals surface area contributed by atoms with Crippen molar-refractivity contribution in [2.75, 3.05) is 24.4 Å². The van der Waals surface area contributed by atoms with Gasteiger partial charge in [-0.3, -0.25) is 9.59 Å². The van der Waals surface area contributed by atoms with Crippen LogP contribution in [-0.2, 0) is 9.59 Å².